The molecule has 2 heterocycles. The van der Waals surface area contributed by atoms with E-state index < -0.39 is 0 Å². The minimum atomic E-state index is -0.203. The van der Waals surface area contributed by atoms with Crippen LogP contribution < -0.4 is 14.8 Å². The third kappa shape index (κ3) is 2.46. The summed E-state index contributed by atoms with van der Waals surface area (Å²) in [6.45, 7) is 1.07. The lowest BCUT2D eigenvalue weighted by molar-refractivity contribution is 0.171. The van der Waals surface area contributed by atoms with E-state index in [2.05, 4.69) is 5.32 Å². The van der Waals surface area contributed by atoms with E-state index in [1.165, 1.54) is 0 Å². The minimum Gasteiger partial charge on any atom is -0.486 e. The molecule has 0 amide bonds. The average molecular weight is 314 g/mol. The molecule has 0 spiro atoms. The van der Waals surface area contributed by atoms with Gasteiger partial charge in [-0.1, -0.05) is 11.6 Å². The highest BCUT2D eigenvalue weighted by molar-refractivity contribution is 6.31. The predicted molar refractivity (Wildman–Crippen MR) is 77.1 cm³/mol. The minimum absolute atomic E-state index is 0.203. The second-order valence-corrected chi connectivity index (χ2v) is 5.16. The molecule has 1 aromatic heterocycles. The number of hydrogen-bond acceptors (Lipinski definition) is 4. The Kier molecular flexibility index (Phi) is 3.78. The highest BCUT2D eigenvalue weighted by Crippen LogP contribution is 2.39. The summed E-state index contributed by atoms with van der Waals surface area (Å²) in [6, 6.07) is 6.95. The van der Waals surface area contributed by atoms with Crippen molar-refractivity contribution >= 4 is 23.2 Å². The molecule has 0 bridgehead atoms. The zero-order valence-electron chi connectivity index (χ0n) is 10.8. The van der Waals surface area contributed by atoms with E-state index in [1.807, 2.05) is 19.2 Å². The number of ether oxygens (including phenoxy) is 2. The lowest BCUT2D eigenvalue weighted by Crippen LogP contribution is -2.19. The third-order valence-electron chi connectivity index (χ3n) is 3.14. The molecule has 0 saturated heterocycles. The van der Waals surface area contributed by atoms with Gasteiger partial charge in [-0.05, 0) is 42.4 Å². The van der Waals surface area contributed by atoms with Gasteiger partial charge >= 0.3 is 0 Å². The van der Waals surface area contributed by atoms with E-state index in [0.29, 0.717) is 40.7 Å². The molecule has 20 heavy (non-hydrogen) atoms. The highest BCUT2D eigenvalue weighted by atomic mass is 35.5. The second kappa shape index (κ2) is 5.56. The highest BCUT2D eigenvalue weighted by Gasteiger charge is 2.23. The normalized spacial score (nSPS) is 15.2. The summed E-state index contributed by atoms with van der Waals surface area (Å²) in [5, 5.41) is 4.09. The molecule has 1 unspecified atom stereocenters. The smallest absolute Gasteiger partial charge is 0.193 e. The predicted octanol–water partition coefficient (Wildman–Crippen LogP) is 3.67. The summed E-state index contributed by atoms with van der Waals surface area (Å²) < 4.78 is 16.6. The van der Waals surface area contributed by atoms with Gasteiger partial charge in [-0.2, -0.15) is 0 Å². The van der Waals surface area contributed by atoms with Crippen molar-refractivity contribution in [3.8, 4) is 11.5 Å². The van der Waals surface area contributed by atoms with Gasteiger partial charge in [-0.15, -0.1) is 0 Å². The first-order valence-corrected chi connectivity index (χ1v) is 6.96. The fourth-order valence-corrected chi connectivity index (χ4v) is 2.65. The Morgan fingerprint density at radius 1 is 1.10 bits per heavy atom. The maximum absolute atomic E-state index is 6.34. The summed E-state index contributed by atoms with van der Waals surface area (Å²) in [5.74, 6) is 2.04. The van der Waals surface area contributed by atoms with Crippen molar-refractivity contribution < 1.29 is 13.9 Å². The van der Waals surface area contributed by atoms with Crippen molar-refractivity contribution in [2.75, 3.05) is 20.3 Å². The standard InChI is InChI=1S/C14H13Cl2NO3/c1-17-14(10-2-3-13(16)20-10)8-6-11-12(7-9(8)15)19-5-4-18-11/h2-3,6-7,14,17H,4-5H2,1H3. The van der Waals surface area contributed by atoms with Crippen molar-refractivity contribution in [1.29, 1.82) is 0 Å². The van der Waals surface area contributed by atoms with Gasteiger partial charge in [0, 0.05) is 11.1 Å². The molecule has 0 saturated carbocycles. The zero-order valence-corrected chi connectivity index (χ0v) is 12.3. The molecule has 1 aliphatic rings. The van der Waals surface area contributed by atoms with Crippen LogP contribution in [0, 0.1) is 0 Å². The van der Waals surface area contributed by atoms with E-state index in [9.17, 15) is 0 Å². The average Bonchev–Trinajstić information content (AvgIpc) is 2.86. The van der Waals surface area contributed by atoms with Crippen molar-refractivity contribution in [2.45, 2.75) is 6.04 Å². The van der Waals surface area contributed by atoms with Crippen LogP contribution in [-0.4, -0.2) is 20.3 Å². The summed E-state index contributed by atoms with van der Waals surface area (Å²) in [4.78, 5) is 0. The van der Waals surface area contributed by atoms with E-state index in [1.54, 1.807) is 12.1 Å². The number of nitrogens with one attached hydrogen (secondary N) is 1. The molecule has 0 fully saturated rings. The third-order valence-corrected chi connectivity index (χ3v) is 3.67. The van der Waals surface area contributed by atoms with Gasteiger partial charge in [-0.3, -0.25) is 0 Å². The molecule has 1 aliphatic heterocycles. The molecular weight excluding hydrogens is 301 g/mol. The van der Waals surface area contributed by atoms with Gasteiger partial charge < -0.3 is 19.2 Å². The van der Waals surface area contributed by atoms with Crippen LogP contribution in [0.5, 0.6) is 11.5 Å². The largest absolute Gasteiger partial charge is 0.486 e. The summed E-state index contributed by atoms with van der Waals surface area (Å²) in [5.41, 5.74) is 0.851. The maximum atomic E-state index is 6.34. The van der Waals surface area contributed by atoms with Gasteiger partial charge in [0.15, 0.2) is 16.7 Å². The first-order chi connectivity index (χ1) is 9.69. The van der Waals surface area contributed by atoms with Gasteiger partial charge in [-0.25, -0.2) is 0 Å². The molecule has 6 heteroatoms. The zero-order chi connectivity index (χ0) is 14.1. The fraction of sp³-hybridized carbons (Fsp3) is 0.286. The van der Waals surface area contributed by atoms with E-state index in [4.69, 9.17) is 37.1 Å². The van der Waals surface area contributed by atoms with Crippen LogP contribution in [0.3, 0.4) is 0 Å². The Bertz CT molecular complexity index is 627. The Balaban J connectivity index is 2.03. The number of halogens is 2. The summed E-state index contributed by atoms with van der Waals surface area (Å²) in [7, 11) is 1.83. The molecule has 3 rings (SSSR count). The van der Waals surface area contributed by atoms with Gasteiger partial charge in [0.05, 0.1) is 6.04 Å². The Morgan fingerprint density at radius 3 is 2.40 bits per heavy atom. The van der Waals surface area contributed by atoms with Crippen molar-refractivity contribution in [3.63, 3.8) is 0 Å². The molecule has 106 valence electrons. The van der Waals surface area contributed by atoms with Crippen LogP contribution in [0.4, 0.5) is 0 Å². The van der Waals surface area contributed by atoms with Crippen LogP contribution >= 0.6 is 23.2 Å². The topological polar surface area (TPSA) is 43.6 Å². The SMILES string of the molecule is CNC(c1ccc(Cl)o1)c1cc2c(cc1Cl)OCCO2. The van der Waals surface area contributed by atoms with Crippen LogP contribution in [0.25, 0.3) is 0 Å². The second-order valence-electron chi connectivity index (χ2n) is 4.38. The number of fused-ring (bicyclic) bond motifs is 1. The van der Waals surface area contributed by atoms with E-state index >= 15 is 0 Å². The molecule has 0 aliphatic carbocycles. The first-order valence-electron chi connectivity index (χ1n) is 6.20. The summed E-state index contributed by atoms with van der Waals surface area (Å²) >= 11 is 12.2. The Labute approximate surface area is 126 Å². The van der Waals surface area contributed by atoms with E-state index in [0.717, 1.165) is 5.56 Å². The van der Waals surface area contributed by atoms with Crippen LogP contribution in [-0.2, 0) is 0 Å². The molecule has 1 N–H and O–H groups in total. The molecule has 4 nitrogen and oxygen atoms in total. The number of benzene rings is 1. The molecular formula is C14H13Cl2NO3. The van der Waals surface area contributed by atoms with Gasteiger partial charge in [0.1, 0.15) is 19.0 Å². The Hall–Kier alpha value is -1.36. The number of furan rings is 1. The first kappa shape index (κ1) is 13.6. The van der Waals surface area contributed by atoms with Crippen molar-refractivity contribution in [1.82, 2.24) is 5.32 Å². The van der Waals surface area contributed by atoms with Crippen LogP contribution in [0.15, 0.2) is 28.7 Å². The van der Waals surface area contributed by atoms with Gasteiger partial charge in [0.2, 0.25) is 0 Å². The summed E-state index contributed by atoms with van der Waals surface area (Å²) in [6.07, 6.45) is 0. The molecule has 0 radical (unpaired) electrons. The molecule has 1 atom stereocenters. The van der Waals surface area contributed by atoms with Gasteiger partial charge in [0.25, 0.3) is 0 Å². The molecule has 2 aromatic rings. The van der Waals surface area contributed by atoms with Crippen LogP contribution in [0.2, 0.25) is 10.2 Å². The van der Waals surface area contributed by atoms with E-state index in [-0.39, 0.29) is 6.04 Å². The lowest BCUT2D eigenvalue weighted by atomic mass is 10.0. The number of rotatable bonds is 3. The Morgan fingerprint density at radius 2 is 1.80 bits per heavy atom. The lowest BCUT2D eigenvalue weighted by Gasteiger charge is -2.22. The van der Waals surface area contributed by atoms with Crippen molar-refractivity contribution in [2.24, 2.45) is 0 Å². The van der Waals surface area contributed by atoms with Crippen LogP contribution in [0.1, 0.15) is 17.4 Å². The number of hydrogen-bond donors (Lipinski definition) is 1. The quantitative estimate of drug-likeness (QED) is 0.939. The fourth-order valence-electron chi connectivity index (χ4n) is 2.24. The maximum Gasteiger partial charge on any atom is 0.193 e. The monoisotopic (exact) mass is 313 g/mol. The van der Waals surface area contributed by atoms with Crippen molar-refractivity contribution in [3.05, 3.63) is 45.8 Å². The molecule has 1 aromatic carbocycles.